The first-order valence-corrected chi connectivity index (χ1v) is 8.98. The fraction of sp³-hybridized carbons (Fsp3) is 0.280. The third-order valence-corrected chi connectivity index (χ3v) is 5.09. The smallest absolute Gasteiger partial charge is 0.0348 e. The minimum Gasteiger partial charge on any atom is -0.0991 e. The molecule has 2 bridgehead atoms. The normalized spacial score (nSPS) is 29.5. The Morgan fingerprint density at radius 1 is 0.760 bits per heavy atom. The summed E-state index contributed by atoms with van der Waals surface area (Å²) in [7, 11) is 0. The van der Waals surface area contributed by atoms with E-state index in [0.717, 1.165) is 11.1 Å². The van der Waals surface area contributed by atoms with Gasteiger partial charge in [-0.3, -0.25) is 0 Å². The summed E-state index contributed by atoms with van der Waals surface area (Å²) in [4.78, 5) is 0. The Balaban J connectivity index is 2.99. The monoisotopic (exact) mass is 330 g/mol. The summed E-state index contributed by atoms with van der Waals surface area (Å²) in [5.41, 5.74) is 10.4. The Kier molecular flexibility index (Phi) is 5.85. The van der Waals surface area contributed by atoms with Gasteiger partial charge < -0.3 is 0 Å². The summed E-state index contributed by atoms with van der Waals surface area (Å²) >= 11 is 0. The second-order valence-corrected chi connectivity index (χ2v) is 6.75. The van der Waals surface area contributed by atoms with Crippen molar-refractivity contribution in [2.75, 3.05) is 0 Å². The standard InChI is InChI=1S/C25H30/c1-9-13-15-21-19(12-4)24-20(14-10-2)18(11-3)25(21)23(17(7)8)22(24)16(5)6/h9-15,24-25H,2,5,7H2,1,3-4,6,8H3/b13-9-,18-11+,19-12+,20-14+,21-15+. The molecule has 0 spiro atoms. The van der Waals surface area contributed by atoms with Crippen LogP contribution in [0.3, 0.4) is 0 Å². The molecule has 1 saturated carbocycles. The van der Waals surface area contributed by atoms with Gasteiger partial charge in [0, 0.05) is 11.8 Å². The second kappa shape index (κ2) is 7.70. The van der Waals surface area contributed by atoms with E-state index in [2.05, 4.69) is 90.8 Å². The molecule has 2 unspecified atom stereocenters. The molecule has 0 heteroatoms. The molecule has 0 heterocycles. The van der Waals surface area contributed by atoms with E-state index in [1.54, 1.807) is 0 Å². The predicted octanol–water partition coefficient (Wildman–Crippen LogP) is 7.20. The van der Waals surface area contributed by atoms with E-state index < -0.39 is 0 Å². The molecular formula is C25H30. The van der Waals surface area contributed by atoms with E-state index in [9.17, 15) is 0 Å². The average Bonchev–Trinajstić information content (AvgIpc) is 2.58. The van der Waals surface area contributed by atoms with Crippen molar-refractivity contribution in [1.82, 2.24) is 0 Å². The van der Waals surface area contributed by atoms with E-state index in [4.69, 9.17) is 0 Å². The average molecular weight is 331 g/mol. The van der Waals surface area contributed by atoms with Crippen molar-refractivity contribution in [2.24, 2.45) is 11.8 Å². The van der Waals surface area contributed by atoms with Crippen molar-refractivity contribution in [3.05, 3.63) is 107 Å². The van der Waals surface area contributed by atoms with Gasteiger partial charge in [0.1, 0.15) is 0 Å². The highest BCUT2D eigenvalue weighted by Gasteiger charge is 2.46. The molecule has 0 radical (unpaired) electrons. The van der Waals surface area contributed by atoms with Crippen molar-refractivity contribution in [3.63, 3.8) is 0 Å². The van der Waals surface area contributed by atoms with Gasteiger partial charge in [0.25, 0.3) is 0 Å². The maximum atomic E-state index is 4.31. The van der Waals surface area contributed by atoms with Crippen molar-refractivity contribution >= 4 is 0 Å². The summed E-state index contributed by atoms with van der Waals surface area (Å²) in [6.07, 6.45) is 15.1. The molecule has 0 saturated heterocycles. The minimum atomic E-state index is 0.208. The largest absolute Gasteiger partial charge is 0.0991 e. The highest BCUT2D eigenvalue weighted by Crippen LogP contribution is 2.59. The lowest BCUT2D eigenvalue weighted by atomic mass is 9.55. The van der Waals surface area contributed by atoms with Crippen LogP contribution in [0.2, 0.25) is 0 Å². The summed E-state index contributed by atoms with van der Waals surface area (Å²) in [6, 6.07) is 0. The molecule has 0 N–H and O–H groups in total. The van der Waals surface area contributed by atoms with Crippen molar-refractivity contribution in [2.45, 2.75) is 34.6 Å². The van der Waals surface area contributed by atoms with E-state index >= 15 is 0 Å². The Hall–Kier alpha value is -2.34. The van der Waals surface area contributed by atoms with Crippen LogP contribution in [0.25, 0.3) is 0 Å². The zero-order valence-electron chi connectivity index (χ0n) is 16.3. The summed E-state index contributed by atoms with van der Waals surface area (Å²) in [5, 5.41) is 0. The van der Waals surface area contributed by atoms with Crippen molar-refractivity contribution < 1.29 is 0 Å². The Labute approximate surface area is 153 Å². The Morgan fingerprint density at radius 2 is 1.20 bits per heavy atom. The van der Waals surface area contributed by atoms with Gasteiger partial charge >= 0.3 is 0 Å². The lowest BCUT2D eigenvalue weighted by Gasteiger charge is -2.48. The Bertz CT molecular complexity index is 797. The molecule has 2 atom stereocenters. The molecule has 0 aromatic carbocycles. The van der Waals surface area contributed by atoms with Crippen LogP contribution in [-0.2, 0) is 0 Å². The van der Waals surface area contributed by atoms with Crippen LogP contribution in [0.15, 0.2) is 107 Å². The van der Waals surface area contributed by atoms with Crippen LogP contribution in [0, 0.1) is 11.8 Å². The molecule has 0 aromatic rings. The first-order valence-electron chi connectivity index (χ1n) is 8.98. The fourth-order valence-electron chi connectivity index (χ4n) is 4.27. The number of hydrogen-bond donors (Lipinski definition) is 0. The molecule has 130 valence electrons. The van der Waals surface area contributed by atoms with Gasteiger partial charge in [0.2, 0.25) is 0 Å². The number of allylic oxidation sites excluding steroid dienone is 15. The molecule has 0 aromatic heterocycles. The van der Waals surface area contributed by atoms with Gasteiger partial charge in [-0.25, -0.2) is 0 Å². The molecule has 0 nitrogen and oxygen atoms in total. The molecule has 3 rings (SSSR count). The van der Waals surface area contributed by atoms with Crippen LogP contribution in [0.5, 0.6) is 0 Å². The van der Waals surface area contributed by atoms with E-state index in [-0.39, 0.29) is 11.8 Å². The van der Waals surface area contributed by atoms with E-state index in [0.29, 0.717) is 0 Å². The van der Waals surface area contributed by atoms with Crippen molar-refractivity contribution in [1.29, 1.82) is 0 Å². The number of fused-ring (bicyclic) bond motifs is 2. The molecule has 25 heavy (non-hydrogen) atoms. The van der Waals surface area contributed by atoms with E-state index in [1.165, 1.54) is 33.4 Å². The van der Waals surface area contributed by atoms with Crippen LogP contribution >= 0.6 is 0 Å². The molecule has 1 fully saturated rings. The summed E-state index contributed by atoms with van der Waals surface area (Å²) in [5.74, 6) is 0.424. The topological polar surface area (TPSA) is 0 Å². The van der Waals surface area contributed by atoms with E-state index in [1.807, 2.05) is 6.08 Å². The lowest BCUT2D eigenvalue weighted by Crippen LogP contribution is -2.35. The zero-order chi connectivity index (χ0) is 18.7. The molecule has 0 amide bonds. The van der Waals surface area contributed by atoms with Gasteiger partial charge in [-0.15, -0.1) is 0 Å². The quantitative estimate of drug-likeness (QED) is 0.511. The van der Waals surface area contributed by atoms with Gasteiger partial charge in [-0.05, 0) is 68.1 Å². The van der Waals surface area contributed by atoms with Gasteiger partial charge in [-0.1, -0.05) is 73.4 Å². The SMILES string of the molecule is C=C/C=C1\C(=C/C)C2C(C(=C)C)=C(C(=C)C)C1C(=C/C)/C2=C\C=C/C. The van der Waals surface area contributed by atoms with Crippen LogP contribution in [-0.4, -0.2) is 0 Å². The van der Waals surface area contributed by atoms with Crippen LogP contribution in [0.1, 0.15) is 34.6 Å². The van der Waals surface area contributed by atoms with Crippen molar-refractivity contribution in [3.8, 4) is 0 Å². The maximum Gasteiger partial charge on any atom is 0.0348 e. The maximum absolute atomic E-state index is 4.31. The van der Waals surface area contributed by atoms with Gasteiger partial charge in [-0.2, -0.15) is 0 Å². The highest BCUT2D eigenvalue weighted by atomic mass is 14.5. The zero-order valence-corrected chi connectivity index (χ0v) is 16.3. The van der Waals surface area contributed by atoms with Crippen LogP contribution in [0.4, 0.5) is 0 Å². The molecular weight excluding hydrogens is 300 g/mol. The number of hydrogen-bond acceptors (Lipinski definition) is 0. The van der Waals surface area contributed by atoms with Crippen LogP contribution < -0.4 is 0 Å². The third kappa shape index (κ3) is 3.02. The first-order chi connectivity index (χ1) is 11.9. The molecule has 3 aliphatic carbocycles. The van der Waals surface area contributed by atoms with Gasteiger partial charge in [0.15, 0.2) is 0 Å². The second-order valence-electron chi connectivity index (χ2n) is 6.75. The number of rotatable bonds is 4. The highest BCUT2D eigenvalue weighted by molar-refractivity contribution is 5.73. The Morgan fingerprint density at radius 3 is 1.52 bits per heavy atom. The fourth-order valence-corrected chi connectivity index (χ4v) is 4.27. The lowest BCUT2D eigenvalue weighted by molar-refractivity contribution is 0.644. The third-order valence-electron chi connectivity index (χ3n) is 5.09. The summed E-state index contributed by atoms with van der Waals surface area (Å²) in [6.45, 7) is 23.1. The summed E-state index contributed by atoms with van der Waals surface area (Å²) < 4.78 is 0. The predicted molar refractivity (Wildman–Crippen MR) is 112 cm³/mol. The van der Waals surface area contributed by atoms with Gasteiger partial charge in [0.05, 0.1) is 0 Å². The molecule has 3 aliphatic rings. The molecule has 0 aliphatic heterocycles. The first kappa shape index (κ1) is 19.0. The minimum absolute atomic E-state index is 0.208.